The lowest BCUT2D eigenvalue weighted by Crippen LogP contribution is -2.21. The fraction of sp³-hybridized carbons (Fsp3) is 0.312. The van der Waals surface area contributed by atoms with E-state index in [1.165, 1.54) is 19.9 Å². The van der Waals surface area contributed by atoms with Crippen molar-refractivity contribution in [3.63, 3.8) is 0 Å². The molecule has 0 spiro atoms. The largest absolute Gasteiger partial charge is 0.494 e. The highest BCUT2D eigenvalue weighted by Gasteiger charge is 2.21. The molecule has 0 amide bonds. The van der Waals surface area contributed by atoms with Crippen molar-refractivity contribution in [1.82, 2.24) is 4.57 Å². The summed E-state index contributed by atoms with van der Waals surface area (Å²) in [6.07, 6.45) is 0. The van der Waals surface area contributed by atoms with Gasteiger partial charge in [0.05, 0.1) is 27.6 Å². The third kappa shape index (κ3) is 6.51. The van der Waals surface area contributed by atoms with E-state index in [0.717, 1.165) is 10.6 Å². The number of aryl methyl sites for hydroxylation is 1. The summed E-state index contributed by atoms with van der Waals surface area (Å²) < 4.78 is 42.2. The predicted molar refractivity (Wildman–Crippen MR) is 115 cm³/mol. The minimum atomic E-state index is -4.58. The number of azo groups is 1. The number of hydrogen-bond donors (Lipinski definition) is 4. The van der Waals surface area contributed by atoms with Crippen LogP contribution in [0, 0.1) is 13.8 Å². The van der Waals surface area contributed by atoms with E-state index in [9.17, 15) is 22.9 Å². The Morgan fingerprint density at radius 2 is 1.79 bits per heavy atom. The molecular weight excluding hydrogens is 506 g/mol. The van der Waals surface area contributed by atoms with Crippen LogP contribution in [0.25, 0.3) is 0 Å². The average Bonchev–Trinajstić information content (AvgIpc) is 2.74. The summed E-state index contributed by atoms with van der Waals surface area (Å²) in [6, 6.07) is 2.28. The van der Waals surface area contributed by atoms with Gasteiger partial charge in [0.1, 0.15) is 5.69 Å². The second kappa shape index (κ2) is 11.9. The molecule has 2 aromatic rings. The minimum absolute atomic E-state index is 0.0183. The van der Waals surface area contributed by atoms with Gasteiger partial charge in [-0.3, -0.25) is 13.9 Å². The summed E-state index contributed by atoms with van der Waals surface area (Å²) in [5, 5.41) is 42.1. The number of benzene rings is 1. The normalized spacial score (nSPS) is 12.1. The molecule has 0 aliphatic heterocycles. The van der Waals surface area contributed by atoms with Crippen LogP contribution < -0.4 is 5.56 Å². The van der Waals surface area contributed by atoms with E-state index in [-0.39, 0.29) is 51.1 Å². The predicted octanol–water partition coefficient (Wildman–Crippen LogP) is 3.85. The van der Waals surface area contributed by atoms with Crippen LogP contribution in [0.4, 0.5) is 11.4 Å². The Morgan fingerprint density at radius 3 is 2.36 bits per heavy atom. The lowest BCUT2D eigenvalue weighted by atomic mass is 10.1. The molecule has 0 saturated carbocycles. The lowest BCUT2D eigenvalue weighted by molar-refractivity contribution is -0.432. The van der Waals surface area contributed by atoms with Gasteiger partial charge in [0.2, 0.25) is 0 Å². The number of aromatic hydroxyl groups is 1. The van der Waals surface area contributed by atoms with Gasteiger partial charge in [-0.1, -0.05) is 10.1 Å². The molecule has 17 heteroatoms. The van der Waals surface area contributed by atoms with Crippen molar-refractivity contribution >= 4 is 45.6 Å². The summed E-state index contributed by atoms with van der Waals surface area (Å²) in [5.74, 6) is -0.350. The monoisotopic (exact) mass is 525 g/mol. The number of nitrogens with zero attached hydrogens (tertiary/aromatic N) is 3. The molecule has 0 fully saturated rings. The Labute approximate surface area is 195 Å². The Bertz CT molecular complexity index is 1200. The number of rotatable bonds is 11. The molecule has 0 bridgehead atoms. The molecule has 33 heavy (non-hydrogen) atoms. The van der Waals surface area contributed by atoms with Gasteiger partial charge in [-0.25, -0.2) is 10.5 Å². The first kappa shape index (κ1) is 27.2. The maximum atomic E-state index is 12.8. The van der Waals surface area contributed by atoms with Crippen LogP contribution in [0.3, 0.4) is 0 Å². The first-order valence-corrected chi connectivity index (χ1v) is 11.9. The number of hydrogen-bond acceptors (Lipinski definition) is 14. The first-order chi connectivity index (χ1) is 15.6. The van der Waals surface area contributed by atoms with Crippen LogP contribution in [0.1, 0.15) is 23.6 Å². The fourth-order valence-corrected chi connectivity index (χ4v) is 4.60. The molecule has 4 N–H and O–H groups in total. The average molecular weight is 526 g/mol. The summed E-state index contributed by atoms with van der Waals surface area (Å²) in [5.41, 5.74) is -0.133. The number of pyridine rings is 1. The third-order valence-electron chi connectivity index (χ3n) is 4.33. The summed E-state index contributed by atoms with van der Waals surface area (Å²) in [4.78, 5) is 12.3. The molecule has 2 rings (SSSR count). The molecule has 182 valence electrons. The standard InChI is InChI=1S/C16H19N3O11S3/c1-4-19-15(20)10(7-31-29-27-22)9(3)14(16(19)21)18-17-11-5-8(2)13(33(24,25)26)6-12(11)32-30-28-23/h5-6,20,22-23H,4,7H2,1-3H3,(H,24,25,26). The maximum Gasteiger partial charge on any atom is 0.294 e. The molecular formula is C16H19N3O11S3. The highest BCUT2D eigenvalue weighted by molar-refractivity contribution is 7.94. The van der Waals surface area contributed by atoms with Crippen LogP contribution >= 0.6 is 24.1 Å². The van der Waals surface area contributed by atoms with E-state index < -0.39 is 20.6 Å². The van der Waals surface area contributed by atoms with Gasteiger partial charge in [-0.05, 0) is 44.0 Å². The van der Waals surface area contributed by atoms with Crippen LogP contribution in [0.5, 0.6) is 5.88 Å². The summed E-state index contributed by atoms with van der Waals surface area (Å²) in [6.45, 7) is 4.64. The SMILES string of the molecule is CCn1c(O)c(CSOOO)c(C)c(N=Nc2cc(C)c(S(=O)(=O)O)cc2SOOO)c1=O. The van der Waals surface area contributed by atoms with Gasteiger partial charge >= 0.3 is 0 Å². The van der Waals surface area contributed by atoms with Crippen LogP contribution in [0.2, 0.25) is 0 Å². The van der Waals surface area contributed by atoms with Gasteiger partial charge in [0, 0.05) is 24.2 Å². The van der Waals surface area contributed by atoms with Crippen molar-refractivity contribution in [3.8, 4) is 5.88 Å². The molecule has 0 unspecified atom stereocenters. The van der Waals surface area contributed by atoms with E-state index in [4.69, 9.17) is 10.5 Å². The summed E-state index contributed by atoms with van der Waals surface area (Å²) >= 11 is 1.02. The third-order valence-corrected chi connectivity index (χ3v) is 6.52. The Kier molecular flexibility index (Phi) is 9.79. The molecule has 0 atom stereocenters. The zero-order valence-corrected chi connectivity index (χ0v) is 19.7. The van der Waals surface area contributed by atoms with E-state index >= 15 is 0 Å². The molecule has 1 aromatic heterocycles. The zero-order chi connectivity index (χ0) is 24.8. The van der Waals surface area contributed by atoms with Gasteiger partial charge in [0.15, 0.2) is 11.6 Å². The molecule has 1 heterocycles. The molecule has 14 nitrogen and oxygen atoms in total. The Hall–Kier alpha value is -2.06. The van der Waals surface area contributed by atoms with Crippen LogP contribution in [-0.2, 0) is 41.2 Å². The summed E-state index contributed by atoms with van der Waals surface area (Å²) in [7, 11) is -4.58. The van der Waals surface area contributed by atoms with Crippen molar-refractivity contribution in [2.45, 2.75) is 42.9 Å². The van der Waals surface area contributed by atoms with E-state index in [1.807, 2.05) is 0 Å². The van der Waals surface area contributed by atoms with Crippen molar-refractivity contribution in [1.29, 1.82) is 0 Å². The van der Waals surface area contributed by atoms with E-state index in [2.05, 4.69) is 29.0 Å². The van der Waals surface area contributed by atoms with Crippen LogP contribution in [0.15, 0.2) is 36.9 Å². The van der Waals surface area contributed by atoms with Crippen molar-refractivity contribution in [2.75, 3.05) is 0 Å². The Morgan fingerprint density at radius 1 is 1.12 bits per heavy atom. The quantitative estimate of drug-likeness (QED) is 0.0824. The highest BCUT2D eigenvalue weighted by atomic mass is 32.2. The minimum Gasteiger partial charge on any atom is -0.494 e. The molecule has 0 saturated heterocycles. The van der Waals surface area contributed by atoms with Crippen LogP contribution in [-0.4, -0.2) is 33.2 Å². The van der Waals surface area contributed by atoms with E-state index in [1.54, 1.807) is 6.92 Å². The Balaban J connectivity index is 2.63. The second-order valence-electron chi connectivity index (χ2n) is 6.22. The smallest absolute Gasteiger partial charge is 0.294 e. The van der Waals surface area contributed by atoms with Gasteiger partial charge < -0.3 is 5.11 Å². The first-order valence-electron chi connectivity index (χ1n) is 8.80. The highest BCUT2D eigenvalue weighted by Crippen LogP contribution is 2.36. The molecule has 0 aliphatic rings. The second-order valence-corrected chi connectivity index (χ2v) is 9.01. The zero-order valence-electron chi connectivity index (χ0n) is 17.3. The topological polar surface area (TPSA) is 199 Å². The lowest BCUT2D eigenvalue weighted by Gasteiger charge is -2.14. The number of aromatic nitrogens is 1. The van der Waals surface area contributed by atoms with Crippen molar-refractivity contribution in [3.05, 3.63) is 39.2 Å². The fourth-order valence-electron chi connectivity index (χ4n) is 2.78. The molecule has 1 aromatic carbocycles. The van der Waals surface area contributed by atoms with Gasteiger partial charge in [-0.15, -0.1) is 18.9 Å². The van der Waals surface area contributed by atoms with E-state index in [0.29, 0.717) is 24.1 Å². The molecule has 0 radical (unpaired) electrons. The van der Waals surface area contributed by atoms with Gasteiger partial charge in [-0.2, -0.15) is 8.42 Å². The molecule has 0 aliphatic carbocycles. The maximum absolute atomic E-state index is 12.8. The van der Waals surface area contributed by atoms with Gasteiger partial charge in [0.25, 0.3) is 15.7 Å². The van der Waals surface area contributed by atoms with Crippen molar-refractivity contribution < 1.29 is 47.3 Å². The van der Waals surface area contributed by atoms with Crippen molar-refractivity contribution in [2.24, 2.45) is 10.2 Å².